The number of hydrogen-bond acceptors (Lipinski definition) is 7. The molecule has 0 bridgehead atoms. The number of anilines is 1. The van der Waals surface area contributed by atoms with Crippen LogP contribution in [0.3, 0.4) is 0 Å². The number of aromatic amines is 1. The van der Waals surface area contributed by atoms with Crippen molar-refractivity contribution in [2.75, 3.05) is 44.7 Å². The van der Waals surface area contributed by atoms with Crippen LogP contribution in [-0.2, 0) is 0 Å². The fourth-order valence-electron chi connectivity index (χ4n) is 6.07. The number of aromatic nitrogens is 6. The lowest BCUT2D eigenvalue weighted by atomic mass is 9.72. The summed E-state index contributed by atoms with van der Waals surface area (Å²) in [4.78, 5) is 14.3. The molecule has 36 heavy (non-hydrogen) atoms. The Balaban J connectivity index is 1.12. The fraction of sp³-hybridized carbons (Fsp3) is 0.481. The minimum absolute atomic E-state index is 0.250. The molecule has 0 aromatic carbocycles. The molecular formula is C27H32N8O. The van der Waals surface area contributed by atoms with Crippen molar-refractivity contribution in [2.45, 2.75) is 32.6 Å². The van der Waals surface area contributed by atoms with Crippen molar-refractivity contribution >= 4 is 11.3 Å². The first-order chi connectivity index (χ1) is 17.5. The topological polar surface area (TPSA) is 87.5 Å². The van der Waals surface area contributed by atoms with Gasteiger partial charge in [-0.2, -0.15) is 10.2 Å². The molecule has 4 aromatic heterocycles. The molecule has 186 valence electrons. The summed E-state index contributed by atoms with van der Waals surface area (Å²) in [6.07, 6.45) is 8.36. The second-order valence-corrected chi connectivity index (χ2v) is 11.2. The lowest BCUT2D eigenvalue weighted by Crippen LogP contribution is -2.72. The number of likely N-dealkylation sites (tertiary alicyclic amines) is 1. The minimum atomic E-state index is 0.250. The molecule has 0 atom stereocenters. The average Bonchev–Trinajstić information content (AvgIpc) is 3.33. The Bertz CT molecular complexity index is 1400. The van der Waals surface area contributed by atoms with Crippen molar-refractivity contribution in [2.24, 2.45) is 11.3 Å². The second-order valence-electron chi connectivity index (χ2n) is 11.2. The summed E-state index contributed by atoms with van der Waals surface area (Å²) in [6.45, 7) is 10.5. The summed E-state index contributed by atoms with van der Waals surface area (Å²) in [5.74, 6) is 1.91. The van der Waals surface area contributed by atoms with Crippen molar-refractivity contribution in [3.8, 4) is 28.4 Å². The number of H-pyrrole nitrogens is 1. The van der Waals surface area contributed by atoms with Crippen LogP contribution in [0.25, 0.3) is 28.3 Å². The molecule has 6 heterocycles. The summed E-state index contributed by atoms with van der Waals surface area (Å²) in [7, 11) is 1.65. The third-order valence-corrected chi connectivity index (χ3v) is 7.97. The van der Waals surface area contributed by atoms with E-state index in [4.69, 9.17) is 14.8 Å². The maximum atomic E-state index is 5.56. The standard InChI is InChI=1S/C27H32N8O/c1-17(2)23-24(19-8-22(36-3)26-29-16-30-35(26)11-19)31-32-25(23)21-7-6-20(9-28-21)34-14-27(15-34)12-33(13-27)10-18-4-5-18/h6-9,11,16-18H,4-5,10,12-15H2,1-3H3,(H,31,32). The highest BCUT2D eigenvalue weighted by molar-refractivity contribution is 5.75. The van der Waals surface area contributed by atoms with E-state index in [0.717, 1.165) is 47.2 Å². The Morgan fingerprint density at radius 1 is 1.14 bits per heavy atom. The number of nitrogens with zero attached hydrogens (tertiary/aromatic N) is 7. The molecule has 3 aliphatic rings. The molecule has 4 aromatic rings. The molecule has 2 saturated heterocycles. The predicted molar refractivity (Wildman–Crippen MR) is 138 cm³/mol. The number of rotatable bonds is 7. The Morgan fingerprint density at radius 3 is 2.67 bits per heavy atom. The molecule has 0 radical (unpaired) electrons. The summed E-state index contributed by atoms with van der Waals surface area (Å²) in [6, 6.07) is 6.29. The molecule has 1 aliphatic carbocycles. The van der Waals surface area contributed by atoms with Crippen molar-refractivity contribution in [1.29, 1.82) is 0 Å². The number of fused-ring (bicyclic) bond motifs is 1. The molecule has 7 rings (SSSR count). The van der Waals surface area contributed by atoms with E-state index in [2.05, 4.69) is 51.0 Å². The molecule has 1 N–H and O–H groups in total. The molecule has 1 saturated carbocycles. The molecule has 0 amide bonds. The monoisotopic (exact) mass is 484 g/mol. The zero-order valence-electron chi connectivity index (χ0n) is 21.1. The van der Waals surface area contributed by atoms with E-state index in [9.17, 15) is 0 Å². The molecule has 9 nitrogen and oxygen atoms in total. The van der Waals surface area contributed by atoms with E-state index in [0.29, 0.717) is 16.8 Å². The van der Waals surface area contributed by atoms with E-state index >= 15 is 0 Å². The molecule has 3 fully saturated rings. The lowest BCUT2D eigenvalue weighted by molar-refractivity contribution is -0.0242. The Labute approximate surface area is 210 Å². The quantitative estimate of drug-likeness (QED) is 0.426. The van der Waals surface area contributed by atoms with Gasteiger partial charge in [0.05, 0.1) is 36.1 Å². The SMILES string of the molecule is COc1cc(-c2n[nH]c(-c3ccc(N4CC5(CN(CC6CC6)C5)C4)cn3)c2C(C)C)cn2ncnc12. The van der Waals surface area contributed by atoms with Crippen LogP contribution in [-0.4, -0.2) is 74.5 Å². The van der Waals surface area contributed by atoms with Crippen LogP contribution >= 0.6 is 0 Å². The smallest absolute Gasteiger partial charge is 0.197 e. The molecule has 1 spiro atoms. The normalized spacial score (nSPS) is 19.2. The van der Waals surface area contributed by atoms with Gasteiger partial charge in [0, 0.05) is 55.5 Å². The van der Waals surface area contributed by atoms with Gasteiger partial charge in [0.1, 0.15) is 6.33 Å². The average molecular weight is 485 g/mol. The van der Waals surface area contributed by atoms with Gasteiger partial charge in [0.25, 0.3) is 0 Å². The number of hydrogen-bond donors (Lipinski definition) is 1. The third-order valence-electron chi connectivity index (χ3n) is 7.97. The number of ether oxygens (including phenoxy) is 1. The summed E-state index contributed by atoms with van der Waals surface area (Å²) in [5, 5.41) is 12.3. The van der Waals surface area contributed by atoms with E-state index in [-0.39, 0.29) is 5.92 Å². The van der Waals surface area contributed by atoms with Crippen molar-refractivity contribution in [1.82, 2.24) is 34.7 Å². The van der Waals surface area contributed by atoms with Crippen LogP contribution in [0, 0.1) is 11.3 Å². The van der Waals surface area contributed by atoms with Gasteiger partial charge in [-0.1, -0.05) is 13.8 Å². The van der Waals surface area contributed by atoms with Crippen LogP contribution in [0.15, 0.2) is 36.9 Å². The van der Waals surface area contributed by atoms with E-state index < -0.39 is 0 Å². The van der Waals surface area contributed by atoms with Gasteiger partial charge in [-0.15, -0.1) is 0 Å². The molecule has 9 heteroatoms. The zero-order chi connectivity index (χ0) is 24.4. The molecule has 2 aliphatic heterocycles. The largest absolute Gasteiger partial charge is 0.493 e. The summed E-state index contributed by atoms with van der Waals surface area (Å²) >= 11 is 0. The Morgan fingerprint density at radius 2 is 1.97 bits per heavy atom. The van der Waals surface area contributed by atoms with Crippen molar-refractivity contribution in [3.63, 3.8) is 0 Å². The first kappa shape index (κ1) is 21.8. The Hall–Kier alpha value is -3.46. The Kier molecular flexibility index (Phi) is 4.86. The van der Waals surface area contributed by atoms with Gasteiger partial charge in [-0.25, -0.2) is 9.50 Å². The van der Waals surface area contributed by atoms with Crippen LogP contribution < -0.4 is 9.64 Å². The lowest BCUT2D eigenvalue weighted by Gasteiger charge is -2.61. The molecular weight excluding hydrogens is 452 g/mol. The van der Waals surface area contributed by atoms with Gasteiger partial charge in [0.2, 0.25) is 0 Å². The number of methoxy groups -OCH3 is 1. The van der Waals surface area contributed by atoms with Gasteiger partial charge in [0.15, 0.2) is 11.4 Å². The summed E-state index contributed by atoms with van der Waals surface area (Å²) in [5.41, 5.74) is 7.21. The maximum Gasteiger partial charge on any atom is 0.197 e. The van der Waals surface area contributed by atoms with Crippen LogP contribution in [0.2, 0.25) is 0 Å². The fourth-order valence-corrected chi connectivity index (χ4v) is 6.07. The highest BCUT2D eigenvalue weighted by Gasteiger charge is 2.52. The zero-order valence-corrected chi connectivity index (χ0v) is 21.1. The first-order valence-corrected chi connectivity index (χ1v) is 12.9. The van der Waals surface area contributed by atoms with E-state index in [1.165, 1.54) is 44.5 Å². The van der Waals surface area contributed by atoms with Gasteiger partial charge < -0.3 is 14.5 Å². The van der Waals surface area contributed by atoms with Crippen LogP contribution in [0.5, 0.6) is 5.75 Å². The highest BCUT2D eigenvalue weighted by Crippen LogP contribution is 2.44. The number of nitrogens with one attached hydrogen (secondary N) is 1. The van der Waals surface area contributed by atoms with Gasteiger partial charge >= 0.3 is 0 Å². The predicted octanol–water partition coefficient (Wildman–Crippen LogP) is 3.85. The first-order valence-electron chi connectivity index (χ1n) is 12.9. The van der Waals surface area contributed by atoms with Gasteiger partial charge in [-0.05, 0) is 42.9 Å². The van der Waals surface area contributed by atoms with E-state index in [1.54, 1.807) is 11.6 Å². The van der Waals surface area contributed by atoms with Crippen LogP contribution in [0.4, 0.5) is 5.69 Å². The third kappa shape index (κ3) is 3.56. The second kappa shape index (κ2) is 8.03. The maximum absolute atomic E-state index is 5.56. The minimum Gasteiger partial charge on any atom is -0.493 e. The number of pyridine rings is 2. The molecule has 0 unspecified atom stereocenters. The van der Waals surface area contributed by atoms with Crippen molar-refractivity contribution in [3.05, 3.63) is 42.5 Å². The van der Waals surface area contributed by atoms with Crippen LogP contribution in [0.1, 0.15) is 38.2 Å². The van der Waals surface area contributed by atoms with Crippen molar-refractivity contribution < 1.29 is 4.74 Å². The highest BCUT2D eigenvalue weighted by atomic mass is 16.5. The van der Waals surface area contributed by atoms with E-state index in [1.807, 2.05) is 18.5 Å². The van der Waals surface area contributed by atoms with Gasteiger partial charge in [-0.3, -0.25) is 10.1 Å². The summed E-state index contributed by atoms with van der Waals surface area (Å²) < 4.78 is 7.29.